The van der Waals surface area contributed by atoms with Crippen molar-refractivity contribution in [3.63, 3.8) is 0 Å². The Bertz CT molecular complexity index is 521. The van der Waals surface area contributed by atoms with Gasteiger partial charge in [-0.3, -0.25) is 4.79 Å². The number of carbonyl (C=O) groups excluding carboxylic acids is 1. The average molecular weight is 255 g/mol. The van der Waals surface area contributed by atoms with Crippen molar-refractivity contribution in [3.05, 3.63) is 29.8 Å². The highest BCUT2D eigenvalue weighted by Crippen LogP contribution is 2.13. The molecule has 0 unspecified atom stereocenters. The Morgan fingerprint density at radius 2 is 1.94 bits per heavy atom. The fraction of sp³-hybridized carbons (Fsp3) is 0.364. The maximum Gasteiger partial charge on any atom is 0.324 e. The smallest absolute Gasteiger partial charge is 0.324 e. The van der Waals surface area contributed by atoms with Crippen molar-refractivity contribution in [2.24, 2.45) is 0 Å². The highest BCUT2D eigenvalue weighted by molar-refractivity contribution is 7.89. The third-order valence-electron chi connectivity index (χ3n) is 2.56. The predicted molar refractivity (Wildman–Crippen MR) is 60.9 cm³/mol. The first kappa shape index (κ1) is 12.1. The molecular weight excluding hydrogens is 242 g/mol. The van der Waals surface area contributed by atoms with E-state index < -0.39 is 22.0 Å². The maximum absolute atomic E-state index is 11.9. The standard InChI is InChI=1S/C11H13NO4S/c1-8-2-4-9(5-3-8)17(14,15)12-10-6-7-16-11(10)13/h2-5,10,12H,6-7H2,1H3/t10-/m1/s1. The zero-order chi connectivity index (χ0) is 12.5. The van der Waals surface area contributed by atoms with Gasteiger partial charge in [0.1, 0.15) is 6.04 Å². The molecule has 0 amide bonds. The van der Waals surface area contributed by atoms with Crippen molar-refractivity contribution in [2.75, 3.05) is 6.61 Å². The highest BCUT2D eigenvalue weighted by atomic mass is 32.2. The van der Waals surface area contributed by atoms with Gasteiger partial charge in [-0.1, -0.05) is 17.7 Å². The van der Waals surface area contributed by atoms with E-state index in [4.69, 9.17) is 4.74 Å². The summed E-state index contributed by atoms with van der Waals surface area (Å²) < 4.78 is 30.9. The molecule has 0 radical (unpaired) electrons. The normalized spacial score (nSPS) is 20.3. The maximum atomic E-state index is 11.9. The van der Waals surface area contributed by atoms with Crippen LogP contribution in [0.25, 0.3) is 0 Å². The van der Waals surface area contributed by atoms with E-state index in [0.29, 0.717) is 6.42 Å². The molecular formula is C11H13NO4S. The lowest BCUT2D eigenvalue weighted by Gasteiger charge is -2.09. The number of hydrogen-bond acceptors (Lipinski definition) is 4. The number of cyclic esters (lactones) is 1. The van der Waals surface area contributed by atoms with Crippen LogP contribution in [0.3, 0.4) is 0 Å². The van der Waals surface area contributed by atoms with Gasteiger partial charge in [0.15, 0.2) is 0 Å². The van der Waals surface area contributed by atoms with Gasteiger partial charge < -0.3 is 4.74 Å². The summed E-state index contributed by atoms with van der Waals surface area (Å²) in [5.74, 6) is -0.513. The van der Waals surface area contributed by atoms with Gasteiger partial charge in [0, 0.05) is 6.42 Å². The minimum Gasteiger partial charge on any atom is -0.464 e. The van der Waals surface area contributed by atoms with Crippen molar-refractivity contribution in [1.29, 1.82) is 0 Å². The molecule has 0 spiro atoms. The molecule has 2 rings (SSSR count). The molecule has 0 aliphatic carbocycles. The minimum atomic E-state index is -3.64. The summed E-state index contributed by atoms with van der Waals surface area (Å²) in [4.78, 5) is 11.3. The number of hydrogen-bond donors (Lipinski definition) is 1. The van der Waals surface area contributed by atoms with Crippen LogP contribution in [0.1, 0.15) is 12.0 Å². The van der Waals surface area contributed by atoms with Crippen LogP contribution in [0.4, 0.5) is 0 Å². The van der Waals surface area contributed by atoms with Crippen molar-refractivity contribution in [3.8, 4) is 0 Å². The average Bonchev–Trinajstić information content (AvgIpc) is 2.64. The number of ether oxygens (including phenoxy) is 1. The molecule has 1 aliphatic rings. The fourth-order valence-electron chi connectivity index (χ4n) is 1.58. The second-order valence-corrected chi connectivity index (χ2v) is 5.66. The lowest BCUT2D eigenvalue weighted by atomic mass is 10.2. The quantitative estimate of drug-likeness (QED) is 0.802. The number of nitrogens with one attached hydrogen (secondary N) is 1. The molecule has 1 atom stereocenters. The molecule has 1 fully saturated rings. The van der Waals surface area contributed by atoms with Gasteiger partial charge in [-0.2, -0.15) is 4.72 Å². The van der Waals surface area contributed by atoms with Gasteiger partial charge in [-0.15, -0.1) is 0 Å². The predicted octanol–water partition coefficient (Wildman–Crippen LogP) is 0.589. The molecule has 1 aliphatic heterocycles. The Morgan fingerprint density at radius 1 is 1.29 bits per heavy atom. The van der Waals surface area contributed by atoms with Crippen LogP contribution >= 0.6 is 0 Å². The Morgan fingerprint density at radius 3 is 2.47 bits per heavy atom. The van der Waals surface area contributed by atoms with Crippen LogP contribution < -0.4 is 4.72 Å². The lowest BCUT2D eigenvalue weighted by Crippen LogP contribution is -2.37. The molecule has 0 saturated carbocycles. The topological polar surface area (TPSA) is 72.5 Å². The Balaban J connectivity index is 2.19. The van der Waals surface area contributed by atoms with Crippen LogP contribution in [-0.4, -0.2) is 27.0 Å². The van der Waals surface area contributed by atoms with E-state index in [-0.39, 0.29) is 11.5 Å². The van der Waals surface area contributed by atoms with Crippen LogP contribution in [0.2, 0.25) is 0 Å². The lowest BCUT2D eigenvalue weighted by molar-refractivity contribution is -0.139. The molecule has 1 N–H and O–H groups in total. The van der Waals surface area contributed by atoms with E-state index in [2.05, 4.69) is 4.72 Å². The molecule has 0 bridgehead atoms. The first-order valence-electron chi connectivity index (χ1n) is 5.25. The zero-order valence-corrected chi connectivity index (χ0v) is 10.2. The molecule has 1 aromatic rings. The Labute approximate surface area is 99.8 Å². The largest absolute Gasteiger partial charge is 0.464 e. The van der Waals surface area contributed by atoms with Gasteiger partial charge in [0.2, 0.25) is 10.0 Å². The summed E-state index contributed by atoms with van der Waals surface area (Å²) in [7, 11) is -3.64. The third kappa shape index (κ3) is 2.65. The molecule has 1 aromatic carbocycles. The fourth-order valence-corrected chi connectivity index (χ4v) is 2.79. The first-order chi connectivity index (χ1) is 7.99. The minimum absolute atomic E-state index is 0.155. The van der Waals surface area contributed by atoms with Crippen molar-refractivity contribution in [1.82, 2.24) is 4.72 Å². The van der Waals surface area contributed by atoms with Gasteiger partial charge in [-0.25, -0.2) is 8.42 Å². The number of sulfonamides is 1. The van der Waals surface area contributed by atoms with E-state index in [1.807, 2.05) is 6.92 Å². The van der Waals surface area contributed by atoms with E-state index in [1.54, 1.807) is 12.1 Å². The molecule has 6 heteroatoms. The van der Waals surface area contributed by atoms with E-state index in [9.17, 15) is 13.2 Å². The Hall–Kier alpha value is -1.40. The van der Waals surface area contributed by atoms with Crippen LogP contribution in [0, 0.1) is 6.92 Å². The van der Waals surface area contributed by atoms with Gasteiger partial charge in [-0.05, 0) is 19.1 Å². The molecule has 0 aromatic heterocycles. The molecule has 1 heterocycles. The highest BCUT2D eigenvalue weighted by Gasteiger charge is 2.31. The number of benzene rings is 1. The van der Waals surface area contributed by atoms with Crippen molar-refractivity contribution >= 4 is 16.0 Å². The second kappa shape index (κ2) is 4.46. The van der Waals surface area contributed by atoms with Crippen LogP contribution in [0.15, 0.2) is 29.2 Å². The summed E-state index contributed by atoms with van der Waals surface area (Å²) in [6.07, 6.45) is 0.379. The van der Waals surface area contributed by atoms with Gasteiger partial charge >= 0.3 is 5.97 Å². The van der Waals surface area contributed by atoms with Crippen LogP contribution in [0.5, 0.6) is 0 Å². The summed E-state index contributed by atoms with van der Waals surface area (Å²) in [6, 6.07) is 5.68. The van der Waals surface area contributed by atoms with Gasteiger partial charge in [0.25, 0.3) is 0 Å². The molecule has 1 saturated heterocycles. The number of rotatable bonds is 3. The molecule has 17 heavy (non-hydrogen) atoms. The zero-order valence-electron chi connectivity index (χ0n) is 9.34. The second-order valence-electron chi connectivity index (χ2n) is 3.94. The summed E-state index contributed by atoms with van der Waals surface area (Å²) in [5.41, 5.74) is 0.976. The molecule has 92 valence electrons. The van der Waals surface area contributed by atoms with Crippen molar-refractivity contribution < 1.29 is 17.9 Å². The summed E-state index contributed by atoms with van der Waals surface area (Å²) in [5, 5.41) is 0. The van der Waals surface area contributed by atoms with E-state index >= 15 is 0 Å². The van der Waals surface area contributed by atoms with Gasteiger partial charge in [0.05, 0.1) is 11.5 Å². The number of esters is 1. The van der Waals surface area contributed by atoms with E-state index in [1.165, 1.54) is 12.1 Å². The SMILES string of the molecule is Cc1ccc(S(=O)(=O)N[C@@H]2CCOC2=O)cc1. The third-order valence-corrected chi connectivity index (χ3v) is 4.05. The number of carbonyl (C=O) groups is 1. The van der Waals surface area contributed by atoms with Crippen molar-refractivity contribution in [2.45, 2.75) is 24.3 Å². The monoisotopic (exact) mass is 255 g/mol. The summed E-state index contributed by atoms with van der Waals surface area (Å²) in [6.45, 7) is 2.14. The van der Waals surface area contributed by atoms with E-state index in [0.717, 1.165) is 5.56 Å². The number of aryl methyl sites for hydroxylation is 1. The first-order valence-corrected chi connectivity index (χ1v) is 6.73. The Kier molecular flexibility index (Phi) is 3.17. The molecule has 5 nitrogen and oxygen atoms in total. The van der Waals surface area contributed by atoms with Crippen LogP contribution in [-0.2, 0) is 19.6 Å². The summed E-state index contributed by atoms with van der Waals surface area (Å²) >= 11 is 0.